The lowest BCUT2D eigenvalue weighted by Crippen LogP contribution is -2.27. The van der Waals surface area contributed by atoms with Gasteiger partial charge in [0.25, 0.3) is 0 Å². The lowest BCUT2D eigenvalue weighted by Gasteiger charge is -2.36. The zero-order chi connectivity index (χ0) is 16.9. The molecule has 1 heterocycles. The first-order valence-electron chi connectivity index (χ1n) is 8.53. The van der Waals surface area contributed by atoms with Crippen molar-refractivity contribution in [3.63, 3.8) is 0 Å². The molecule has 0 fully saturated rings. The lowest BCUT2D eigenvalue weighted by molar-refractivity contribution is -0.133. The normalized spacial score (nSPS) is 32.7. The van der Waals surface area contributed by atoms with E-state index in [1.54, 1.807) is 12.3 Å². The molecule has 0 unspecified atom stereocenters. The number of hydrogen-bond acceptors (Lipinski definition) is 2. The number of carboxylic acids is 1. The molecule has 0 spiro atoms. The summed E-state index contributed by atoms with van der Waals surface area (Å²) in [4.78, 5) is 11.4. The first kappa shape index (κ1) is 17.6. The van der Waals surface area contributed by atoms with Crippen LogP contribution in [0.3, 0.4) is 0 Å². The highest BCUT2D eigenvalue weighted by molar-refractivity contribution is 5.87. The number of furan rings is 1. The summed E-state index contributed by atoms with van der Waals surface area (Å²) >= 11 is 0. The molecule has 0 saturated heterocycles. The minimum atomic E-state index is -0.793. The average molecular weight is 316 g/mol. The third-order valence-electron chi connectivity index (χ3n) is 5.56. The summed E-state index contributed by atoms with van der Waals surface area (Å²) in [6.45, 7) is 6.68. The number of hydrogen-bond donors (Lipinski definition) is 1. The molecule has 2 rings (SSSR count). The van der Waals surface area contributed by atoms with Gasteiger partial charge in [-0.25, -0.2) is 4.79 Å². The summed E-state index contributed by atoms with van der Waals surface area (Å²) in [5, 5.41) is 9.34. The molecule has 3 atom stereocenters. The number of carboxylic acid groups (broad SMARTS) is 1. The molecular weight excluding hydrogens is 288 g/mol. The van der Waals surface area contributed by atoms with Crippen LogP contribution in [-0.2, 0) is 11.2 Å². The zero-order valence-electron chi connectivity index (χ0n) is 14.4. The van der Waals surface area contributed by atoms with Crippen molar-refractivity contribution in [3.05, 3.63) is 48.0 Å². The van der Waals surface area contributed by atoms with Crippen LogP contribution in [0.25, 0.3) is 0 Å². The van der Waals surface area contributed by atoms with E-state index < -0.39 is 5.97 Å². The molecule has 0 saturated carbocycles. The van der Waals surface area contributed by atoms with Crippen molar-refractivity contribution in [3.8, 4) is 0 Å². The Labute approximate surface area is 139 Å². The molecule has 0 aliphatic heterocycles. The van der Waals surface area contributed by atoms with E-state index in [-0.39, 0.29) is 11.3 Å². The van der Waals surface area contributed by atoms with Gasteiger partial charge >= 0.3 is 5.97 Å². The van der Waals surface area contributed by atoms with Gasteiger partial charge in [-0.3, -0.25) is 0 Å². The molecule has 1 aliphatic rings. The van der Waals surface area contributed by atoms with Crippen LogP contribution in [0.2, 0.25) is 0 Å². The first-order chi connectivity index (χ1) is 10.9. The number of carbonyl (C=O) groups is 1. The van der Waals surface area contributed by atoms with E-state index in [0.29, 0.717) is 11.5 Å². The minimum Gasteiger partial charge on any atom is -0.478 e. The molecule has 3 nitrogen and oxygen atoms in total. The Hall–Kier alpha value is -1.77. The van der Waals surface area contributed by atoms with Crippen molar-refractivity contribution in [1.29, 1.82) is 0 Å². The van der Waals surface area contributed by atoms with Crippen LogP contribution < -0.4 is 0 Å². The van der Waals surface area contributed by atoms with Gasteiger partial charge in [-0.15, -0.1) is 0 Å². The smallest absolute Gasteiger partial charge is 0.331 e. The summed E-state index contributed by atoms with van der Waals surface area (Å²) in [6.07, 6.45) is 14.5. The standard InChI is InChI=1S/C20H28O3/c1-15-7-8-16(2)20(3,12-9-17-10-13-23-14-17)11-5-4-6-18(15)19(21)22/h4-6,10,13-16H,7-9,11-12H2,1-3H3,(H,21,22)/b5-4-,18-6+/t15-,16-,20+/m1/s1. The Bertz CT molecular complexity index is 568. The molecule has 126 valence electrons. The van der Waals surface area contributed by atoms with Crippen molar-refractivity contribution in [2.45, 2.75) is 52.9 Å². The molecule has 0 bridgehead atoms. The van der Waals surface area contributed by atoms with Crippen LogP contribution in [0.4, 0.5) is 0 Å². The summed E-state index contributed by atoms with van der Waals surface area (Å²) in [6, 6.07) is 2.04. The second kappa shape index (κ2) is 7.67. The fourth-order valence-electron chi connectivity index (χ4n) is 3.37. The van der Waals surface area contributed by atoms with E-state index in [9.17, 15) is 9.90 Å². The third-order valence-corrected chi connectivity index (χ3v) is 5.56. The van der Waals surface area contributed by atoms with E-state index >= 15 is 0 Å². The SMILES string of the molecule is C[C@@H]1CC[C@@H](C)[C@](C)(CCc2ccoc2)C/C=C\C=C/1C(=O)O. The Morgan fingerprint density at radius 2 is 2.17 bits per heavy atom. The molecule has 0 aromatic carbocycles. The van der Waals surface area contributed by atoms with Crippen molar-refractivity contribution in [2.24, 2.45) is 17.3 Å². The molecule has 1 aromatic rings. The van der Waals surface area contributed by atoms with Gasteiger partial charge in [-0.05, 0) is 61.0 Å². The van der Waals surface area contributed by atoms with Gasteiger partial charge in [0.15, 0.2) is 0 Å². The van der Waals surface area contributed by atoms with Gasteiger partial charge in [0, 0.05) is 5.57 Å². The summed E-state index contributed by atoms with van der Waals surface area (Å²) in [7, 11) is 0. The van der Waals surface area contributed by atoms with Gasteiger partial charge in [0.2, 0.25) is 0 Å². The number of allylic oxidation sites excluding steroid dienone is 3. The van der Waals surface area contributed by atoms with Crippen LogP contribution in [0, 0.1) is 17.3 Å². The second-order valence-corrected chi connectivity index (χ2v) is 7.22. The van der Waals surface area contributed by atoms with Crippen molar-refractivity contribution in [1.82, 2.24) is 0 Å². The monoisotopic (exact) mass is 316 g/mol. The van der Waals surface area contributed by atoms with Crippen LogP contribution in [-0.4, -0.2) is 11.1 Å². The topological polar surface area (TPSA) is 50.4 Å². The summed E-state index contributed by atoms with van der Waals surface area (Å²) in [5.41, 5.74) is 2.00. The van der Waals surface area contributed by atoms with Crippen molar-refractivity contribution >= 4 is 5.97 Å². The van der Waals surface area contributed by atoms with Gasteiger partial charge in [-0.1, -0.05) is 39.0 Å². The number of rotatable bonds is 4. The molecule has 1 aromatic heterocycles. The lowest BCUT2D eigenvalue weighted by atomic mass is 9.69. The average Bonchev–Trinajstić information content (AvgIpc) is 3.02. The van der Waals surface area contributed by atoms with Crippen LogP contribution >= 0.6 is 0 Å². The molecule has 0 radical (unpaired) electrons. The first-order valence-corrected chi connectivity index (χ1v) is 8.53. The minimum absolute atomic E-state index is 0.0934. The van der Waals surface area contributed by atoms with E-state index in [4.69, 9.17) is 4.42 Å². The maximum absolute atomic E-state index is 11.4. The van der Waals surface area contributed by atoms with Gasteiger partial charge in [0.1, 0.15) is 0 Å². The Morgan fingerprint density at radius 3 is 2.83 bits per heavy atom. The van der Waals surface area contributed by atoms with Gasteiger partial charge in [-0.2, -0.15) is 0 Å². The maximum Gasteiger partial charge on any atom is 0.331 e. The molecule has 0 amide bonds. The molecule has 23 heavy (non-hydrogen) atoms. The third kappa shape index (κ3) is 4.60. The van der Waals surface area contributed by atoms with Gasteiger partial charge < -0.3 is 9.52 Å². The molecule has 3 heteroatoms. The number of aliphatic carboxylic acids is 1. The second-order valence-electron chi connectivity index (χ2n) is 7.22. The Kier molecular flexibility index (Phi) is 5.86. The highest BCUT2D eigenvalue weighted by Gasteiger charge is 2.31. The highest BCUT2D eigenvalue weighted by atomic mass is 16.4. The highest BCUT2D eigenvalue weighted by Crippen LogP contribution is 2.40. The predicted octanol–water partition coefficient (Wildman–Crippen LogP) is 5.24. The summed E-state index contributed by atoms with van der Waals surface area (Å²) < 4.78 is 5.17. The maximum atomic E-state index is 11.4. The van der Waals surface area contributed by atoms with E-state index in [1.807, 2.05) is 25.3 Å². The molecular formula is C20H28O3. The quantitative estimate of drug-likeness (QED) is 0.826. The predicted molar refractivity (Wildman–Crippen MR) is 92.2 cm³/mol. The largest absolute Gasteiger partial charge is 0.478 e. The summed E-state index contributed by atoms with van der Waals surface area (Å²) in [5.74, 6) is -0.149. The Balaban J connectivity index is 2.12. The fraction of sp³-hybridized carbons (Fsp3) is 0.550. The molecule has 1 N–H and O–H groups in total. The van der Waals surface area contributed by atoms with Crippen molar-refractivity contribution in [2.75, 3.05) is 0 Å². The Morgan fingerprint density at radius 1 is 1.39 bits per heavy atom. The van der Waals surface area contributed by atoms with E-state index in [0.717, 1.165) is 32.1 Å². The van der Waals surface area contributed by atoms with Gasteiger partial charge in [0.05, 0.1) is 12.5 Å². The van der Waals surface area contributed by atoms with Crippen LogP contribution in [0.5, 0.6) is 0 Å². The number of aryl methyl sites for hydroxylation is 1. The van der Waals surface area contributed by atoms with E-state index in [1.165, 1.54) is 5.56 Å². The van der Waals surface area contributed by atoms with Crippen LogP contribution in [0.15, 0.2) is 46.8 Å². The zero-order valence-corrected chi connectivity index (χ0v) is 14.4. The van der Waals surface area contributed by atoms with Crippen LogP contribution in [0.1, 0.15) is 52.0 Å². The van der Waals surface area contributed by atoms with Crippen molar-refractivity contribution < 1.29 is 14.3 Å². The fourth-order valence-corrected chi connectivity index (χ4v) is 3.37. The van der Waals surface area contributed by atoms with E-state index in [2.05, 4.69) is 19.9 Å². The molecule has 1 aliphatic carbocycles.